The third-order valence-electron chi connectivity index (χ3n) is 2.11. The molecular formula is C10H21NO. The van der Waals surface area contributed by atoms with E-state index in [1.807, 2.05) is 34.6 Å². The van der Waals surface area contributed by atoms with Crippen molar-refractivity contribution in [3.05, 3.63) is 0 Å². The number of hydrogen-bond donors (Lipinski definition) is 1. The molecule has 0 amide bonds. The monoisotopic (exact) mass is 171 g/mol. The molecule has 0 radical (unpaired) electrons. The van der Waals surface area contributed by atoms with Gasteiger partial charge in [-0.15, -0.1) is 0 Å². The highest BCUT2D eigenvalue weighted by Crippen LogP contribution is 2.18. The van der Waals surface area contributed by atoms with Crippen molar-refractivity contribution in [3.63, 3.8) is 0 Å². The van der Waals surface area contributed by atoms with E-state index in [0.29, 0.717) is 12.3 Å². The van der Waals surface area contributed by atoms with Crippen molar-refractivity contribution < 1.29 is 4.79 Å². The lowest BCUT2D eigenvalue weighted by molar-refractivity contribution is -0.126. The van der Waals surface area contributed by atoms with Crippen LogP contribution in [0.3, 0.4) is 0 Å². The molecule has 0 aromatic carbocycles. The Hall–Kier alpha value is -0.370. The van der Waals surface area contributed by atoms with Gasteiger partial charge in [0.1, 0.15) is 5.78 Å². The molecule has 0 aromatic heterocycles. The molecule has 2 N–H and O–H groups in total. The Kier molecular flexibility index (Phi) is 3.91. The molecule has 72 valence electrons. The quantitative estimate of drug-likeness (QED) is 0.705. The molecule has 0 spiro atoms. The minimum atomic E-state index is -0.244. The molecule has 0 aliphatic rings. The Balaban J connectivity index is 4.02. The molecule has 0 aliphatic heterocycles. The molecule has 2 heteroatoms. The van der Waals surface area contributed by atoms with Gasteiger partial charge in [-0.3, -0.25) is 4.79 Å². The van der Waals surface area contributed by atoms with Gasteiger partial charge in [-0.25, -0.2) is 0 Å². The second-order valence-electron chi connectivity index (χ2n) is 4.79. The minimum Gasteiger partial charge on any atom is -0.327 e. The van der Waals surface area contributed by atoms with Crippen LogP contribution < -0.4 is 5.73 Å². The second-order valence-corrected chi connectivity index (χ2v) is 4.79. The van der Waals surface area contributed by atoms with Gasteiger partial charge in [-0.05, 0) is 5.92 Å². The highest BCUT2D eigenvalue weighted by atomic mass is 16.1. The van der Waals surface area contributed by atoms with E-state index in [-0.39, 0.29) is 17.2 Å². The summed E-state index contributed by atoms with van der Waals surface area (Å²) in [7, 11) is 0. The van der Waals surface area contributed by atoms with Gasteiger partial charge in [0.05, 0.1) is 0 Å². The first-order valence-corrected chi connectivity index (χ1v) is 4.54. The summed E-state index contributed by atoms with van der Waals surface area (Å²) in [5.74, 6) is 0.639. The molecule has 0 heterocycles. The Morgan fingerprint density at radius 3 is 2.00 bits per heavy atom. The highest BCUT2D eigenvalue weighted by molar-refractivity contribution is 5.84. The van der Waals surface area contributed by atoms with Crippen molar-refractivity contribution in [3.8, 4) is 0 Å². The summed E-state index contributed by atoms with van der Waals surface area (Å²) in [5.41, 5.74) is 5.55. The van der Waals surface area contributed by atoms with E-state index >= 15 is 0 Å². The third kappa shape index (κ3) is 3.86. The summed E-state index contributed by atoms with van der Waals surface area (Å²) in [6.45, 7) is 9.88. The van der Waals surface area contributed by atoms with Crippen LogP contribution in [0.2, 0.25) is 0 Å². The van der Waals surface area contributed by atoms with Crippen molar-refractivity contribution in [2.24, 2.45) is 17.1 Å². The van der Waals surface area contributed by atoms with E-state index in [9.17, 15) is 4.79 Å². The molecule has 2 nitrogen and oxygen atoms in total. The number of carbonyl (C=O) groups excluding carboxylic acids is 1. The van der Waals surface area contributed by atoms with E-state index < -0.39 is 0 Å². The normalized spacial score (nSPS) is 14.9. The number of hydrogen-bond acceptors (Lipinski definition) is 2. The van der Waals surface area contributed by atoms with Gasteiger partial charge in [0.15, 0.2) is 0 Å². The Morgan fingerprint density at radius 2 is 1.75 bits per heavy atom. The van der Waals surface area contributed by atoms with Crippen molar-refractivity contribution in [2.75, 3.05) is 0 Å². The van der Waals surface area contributed by atoms with Gasteiger partial charge < -0.3 is 5.73 Å². The number of Topliss-reactive ketones (excluding diaryl/α,β-unsaturated/α-hetero) is 1. The van der Waals surface area contributed by atoms with Gasteiger partial charge in [0.25, 0.3) is 0 Å². The van der Waals surface area contributed by atoms with Crippen LogP contribution in [0.4, 0.5) is 0 Å². The summed E-state index contributed by atoms with van der Waals surface area (Å²) in [6, 6.07) is 0.0109. The summed E-state index contributed by atoms with van der Waals surface area (Å²) >= 11 is 0. The third-order valence-corrected chi connectivity index (χ3v) is 2.11. The second kappa shape index (κ2) is 4.04. The summed E-state index contributed by atoms with van der Waals surface area (Å²) in [4.78, 5) is 11.5. The largest absolute Gasteiger partial charge is 0.327 e. The minimum absolute atomic E-state index is 0.0109. The van der Waals surface area contributed by atoms with Crippen LogP contribution in [0.15, 0.2) is 0 Å². The van der Waals surface area contributed by atoms with Gasteiger partial charge >= 0.3 is 0 Å². The lowest BCUT2D eigenvalue weighted by atomic mass is 9.85. The van der Waals surface area contributed by atoms with Crippen LogP contribution in [-0.2, 0) is 4.79 Å². The van der Waals surface area contributed by atoms with Crippen LogP contribution in [-0.4, -0.2) is 11.8 Å². The van der Waals surface area contributed by atoms with Gasteiger partial charge in [-0.2, -0.15) is 0 Å². The first-order valence-electron chi connectivity index (χ1n) is 4.54. The number of ketones is 1. The van der Waals surface area contributed by atoms with E-state index in [4.69, 9.17) is 5.73 Å². The predicted octanol–water partition coefficient (Wildman–Crippen LogP) is 1.97. The van der Waals surface area contributed by atoms with Crippen LogP contribution in [0.1, 0.15) is 41.0 Å². The zero-order chi connectivity index (χ0) is 9.94. The smallest absolute Gasteiger partial charge is 0.139 e. The SMILES string of the molecule is CC(C)[C@@H](N)CC(=O)C(C)(C)C. The fourth-order valence-electron chi connectivity index (χ4n) is 0.756. The van der Waals surface area contributed by atoms with Gasteiger partial charge in [0, 0.05) is 17.9 Å². The molecular weight excluding hydrogens is 150 g/mol. The predicted molar refractivity (Wildman–Crippen MR) is 51.9 cm³/mol. The average molecular weight is 171 g/mol. The van der Waals surface area contributed by atoms with Crippen LogP contribution in [0.25, 0.3) is 0 Å². The van der Waals surface area contributed by atoms with Crippen molar-refractivity contribution >= 4 is 5.78 Å². The van der Waals surface area contributed by atoms with Crippen LogP contribution in [0, 0.1) is 11.3 Å². The van der Waals surface area contributed by atoms with E-state index in [2.05, 4.69) is 0 Å². The fourth-order valence-corrected chi connectivity index (χ4v) is 0.756. The van der Waals surface area contributed by atoms with E-state index in [1.54, 1.807) is 0 Å². The first kappa shape index (κ1) is 11.6. The van der Waals surface area contributed by atoms with Gasteiger partial charge in [0.2, 0.25) is 0 Å². The van der Waals surface area contributed by atoms with Gasteiger partial charge in [-0.1, -0.05) is 34.6 Å². The first-order chi connectivity index (χ1) is 5.25. The fraction of sp³-hybridized carbons (Fsp3) is 0.900. The van der Waals surface area contributed by atoms with Crippen LogP contribution in [0.5, 0.6) is 0 Å². The average Bonchev–Trinajstić information content (AvgIpc) is 1.85. The lowest BCUT2D eigenvalue weighted by Gasteiger charge is -2.21. The van der Waals surface area contributed by atoms with Crippen molar-refractivity contribution in [2.45, 2.75) is 47.1 Å². The maximum atomic E-state index is 11.5. The zero-order valence-corrected chi connectivity index (χ0v) is 8.85. The summed E-state index contributed by atoms with van der Waals surface area (Å²) in [6.07, 6.45) is 0.501. The molecule has 0 aromatic rings. The zero-order valence-electron chi connectivity index (χ0n) is 8.85. The molecule has 0 bridgehead atoms. The number of nitrogens with two attached hydrogens (primary N) is 1. The van der Waals surface area contributed by atoms with Crippen molar-refractivity contribution in [1.29, 1.82) is 0 Å². The summed E-state index contributed by atoms with van der Waals surface area (Å²) < 4.78 is 0. The Morgan fingerprint density at radius 1 is 1.33 bits per heavy atom. The van der Waals surface area contributed by atoms with E-state index in [0.717, 1.165) is 0 Å². The van der Waals surface area contributed by atoms with E-state index in [1.165, 1.54) is 0 Å². The molecule has 0 rings (SSSR count). The molecule has 0 fully saturated rings. The Labute approximate surface area is 75.5 Å². The molecule has 12 heavy (non-hydrogen) atoms. The Bertz CT molecular complexity index is 156. The maximum Gasteiger partial charge on any atom is 0.139 e. The molecule has 0 saturated carbocycles. The standard InChI is InChI=1S/C10H21NO/c1-7(2)8(11)6-9(12)10(3,4)5/h7-8H,6,11H2,1-5H3/t8-/m0/s1. The number of carbonyl (C=O) groups is 1. The molecule has 0 saturated heterocycles. The lowest BCUT2D eigenvalue weighted by Crippen LogP contribution is -2.33. The molecule has 1 atom stereocenters. The number of rotatable bonds is 3. The molecule has 0 aliphatic carbocycles. The maximum absolute atomic E-state index is 11.5. The van der Waals surface area contributed by atoms with Crippen LogP contribution >= 0.6 is 0 Å². The van der Waals surface area contributed by atoms with Crippen molar-refractivity contribution in [1.82, 2.24) is 0 Å². The molecule has 0 unspecified atom stereocenters. The summed E-state index contributed by atoms with van der Waals surface area (Å²) in [5, 5.41) is 0. The topological polar surface area (TPSA) is 43.1 Å². The highest BCUT2D eigenvalue weighted by Gasteiger charge is 2.23.